The lowest BCUT2D eigenvalue weighted by molar-refractivity contribution is 0.102. The zero-order valence-corrected chi connectivity index (χ0v) is 12.5. The van der Waals surface area contributed by atoms with Crippen LogP contribution >= 0.6 is 0 Å². The maximum absolute atomic E-state index is 13.5. The van der Waals surface area contributed by atoms with Crippen molar-refractivity contribution in [1.29, 1.82) is 0 Å². The van der Waals surface area contributed by atoms with Crippen LogP contribution in [0.5, 0.6) is 0 Å². The molecule has 1 aromatic heterocycles. The third kappa shape index (κ3) is 4.01. The van der Waals surface area contributed by atoms with Gasteiger partial charge < -0.3 is 15.4 Å². The largest absolute Gasteiger partial charge is 0.376 e. The third-order valence-corrected chi connectivity index (χ3v) is 3.54. The molecule has 0 spiro atoms. The molecule has 1 aromatic carbocycles. The van der Waals surface area contributed by atoms with E-state index in [2.05, 4.69) is 20.6 Å². The lowest BCUT2D eigenvalue weighted by Crippen LogP contribution is -2.20. The summed E-state index contributed by atoms with van der Waals surface area (Å²) in [4.78, 5) is 20.2. The number of ether oxygens (including phenoxy) is 1. The highest BCUT2D eigenvalue weighted by Crippen LogP contribution is 2.14. The summed E-state index contributed by atoms with van der Waals surface area (Å²) in [5, 5.41) is 5.59. The minimum atomic E-state index is -0.506. The Labute approximate surface area is 133 Å². The van der Waals surface area contributed by atoms with Crippen molar-refractivity contribution in [3.05, 3.63) is 48.2 Å². The molecule has 1 unspecified atom stereocenters. The number of amides is 1. The first-order valence-electron chi connectivity index (χ1n) is 7.46. The van der Waals surface area contributed by atoms with E-state index in [0.717, 1.165) is 19.4 Å². The fraction of sp³-hybridized carbons (Fsp3) is 0.312. The molecule has 2 heterocycles. The minimum Gasteiger partial charge on any atom is -0.376 e. The quantitative estimate of drug-likeness (QED) is 0.886. The number of carbonyl (C=O) groups excluding carboxylic acids is 1. The van der Waals surface area contributed by atoms with Crippen LogP contribution in [0.15, 0.2) is 36.7 Å². The molecule has 6 nitrogen and oxygen atoms in total. The van der Waals surface area contributed by atoms with Crippen LogP contribution in [0.25, 0.3) is 0 Å². The van der Waals surface area contributed by atoms with Crippen molar-refractivity contribution >= 4 is 17.4 Å². The molecule has 7 heteroatoms. The molecule has 0 bridgehead atoms. The molecule has 120 valence electrons. The Kier molecular flexibility index (Phi) is 4.77. The van der Waals surface area contributed by atoms with Crippen LogP contribution in [0, 0.1) is 5.82 Å². The number of nitrogens with one attached hydrogen (secondary N) is 2. The van der Waals surface area contributed by atoms with Gasteiger partial charge in [-0.1, -0.05) is 12.1 Å². The SMILES string of the molecule is O=C(Nc1ccccc1F)c1cnc(NCC2CCCO2)cn1. The van der Waals surface area contributed by atoms with Gasteiger partial charge in [-0.2, -0.15) is 0 Å². The van der Waals surface area contributed by atoms with Gasteiger partial charge in [0.25, 0.3) is 5.91 Å². The zero-order valence-electron chi connectivity index (χ0n) is 12.5. The first kappa shape index (κ1) is 15.4. The van der Waals surface area contributed by atoms with Crippen LogP contribution in [0.4, 0.5) is 15.9 Å². The average molecular weight is 316 g/mol. The lowest BCUT2D eigenvalue weighted by Gasteiger charge is -2.11. The second-order valence-corrected chi connectivity index (χ2v) is 5.24. The topological polar surface area (TPSA) is 76.1 Å². The molecule has 1 aliphatic rings. The summed E-state index contributed by atoms with van der Waals surface area (Å²) in [6.07, 6.45) is 5.14. The van der Waals surface area contributed by atoms with Crippen LogP contribution in [-0.4, -0.2) is 35.1 Å². The molecule has 2 aromatic rings. The summed E-state index contributed by atoms with van der Waals surface area (Å²) in [6.45, 7) is 1.46. The third-order valence-electron chi connectivity index (χ3n) is 3.54. The molecule has 1 saturated heterocycles. The van der Waals surface area contributed by atoms with E-state index in [-0.39, 0.29) is 17.5 Å². The predicted molar refractivity (Wildman–Crippen MR) is 83.8 cm³/mol. The Bertz CT molecular complexity index is 672. The number of para-hydroxylation sites is 1. The van der Waals surface area contributed by atoms with Gasteiger partial charge in [0.1, 0.15) is 17.3 Å². The van der Waals surface area contributed by atoms with Crippen molar-refractivity contribution in [2.75, 3.05) is 23.8 Å². The van der Waals surface area contributed by atoms with Crippen molar-refractivity contribution in [3.8, 4) is 0 Å². The number of benzene rings is 1. The van der Waals surface area contributed by atoms with Gasteiger partial charge >= 0.3 is 0 Å². The Morgan fingerprint density at radius 1 is 1.30 bits per heavy atom. The minimum absolute atomic E-state index is 0.111. The molecule has 1 amide bonds. The maximum atomic E-state index is 13.5. The molecular formula is C16H17FN4O2. The normalized spacial score (nSPS) is 17.0. The van der Waals surface area contributed by atoms with E-state index in [9.17, 15) is 9.18 Å². The number of carbonyl (C=O) groups is 1. The first-order valence-corrected chi connectivity index (χ1v) is 7.46. The van der Waals surface area contributed by atoms with E-state index >= 15 is 0 Å². The zero-order chi connectivity index (χ0) is 16.1. The Hall–Kier alpha value is -2.54. The van der Waals surface area contributed by atoms with E-state index < -0.39 is 11.7 Å². The summed E-state index contributed by atoms with van der Waals surface area (Å²) in [5.74, 6) is -0.431. The molecule has 1 aliphatic heterocycles. The van der Waals surface area contributed by atoms with Gasteiger partial charge in [0, 0.05) is 13.2 Å². The summed E-state index contributed by atoms with van der Waals surface area (Å²) >= 11 is 0. The summed E-state index contributed by atoms with van der Waals surface area (Å²) in [7, 11) is 0. The van der Waals surface area contributed by atoms with Gasteiger partial charge in [-0.15, -0.1) is 0 Å². The molecule has 0 aliphatic carbocycles. The molecule has 0 saturated carbocycles. The lowest BCUT2D eigenvalue weighted by atomic mass is 10.2. The highest BCUT2D eigenvalue weighted by atomic mass is 19.1. The second-order valence-electron chi connectivity index (χ2n) is 5.24. The van der Waals surface area contributed by atoms with E-state index in [4.69, 9.17) is 4.74 Å². The van der Waals surface area contributed by atoms with Crippen molar-refractivity contribution < 1.29 is 13.9 Å². The number of halogens is 1. The second kappa shape index (κ2) is 7.15. The molecule has 0 radical (unpaired) electrons. The average Bonchev–Trinajstić information content (AvgIpc) is 3.09. The summed E-state index contributed by atoms with van der Waals surface area (Å²) < 4.78 is 19.0. The summed E-state index contributed by atoms with van der Waals surface area (Å²) in [5.41, 5.74) is 0.232. The van der Waals surface area contributed by atoms with Gasteiger partial charge in [-0.25, -0.2) is 14.4 Å². The van der Waals surface area contributed by atoms with Crippen LogP contribution < -0.4 is 10.6 Å². The number of aromatic nitrogens is 2. The number of nitrogens with zero attached hydrogens (tertiary/aromatic N) is 2. The van der Waals surface area contributed by atoms with Crippen molar-refractivity contribution in [1.82, 2.24) is 9.97 Å². The highest BCUT2D eigenvalue weighted by molar-refractivity contribution is 6.02. The number of hydrogen-bond donors (Lipinski definition) is 2. The van der Waals surface area contributed by atoms with Crippen LogP contribution in [0.3, 0.4) is 0 Å². The van der Waals surface area contributed by atoms with Gasteiger partial charge in [-0.05, 0) is 25.0 Å². The van der Waals surface area contributed by atoms with Gasteiger partial charge in [0.15, 0.2) is 0 Å². The monoisotopic (exact) mass is 316 g/mol. The Balaban J connectivity index is 1.57. The molecule has 2 N–H and O–H groups in total. The van der Waals surface area contributed by atoms with Crippen LogP contribution in [0.2, 0.25) is 0 Å². The Morgan fingerprint density at radius 3 is 2.87 bits per heavy atom. The van der Waals surface area contributed by atoms with Crippen molar-refractivity contribution in [2.45, 2.75) is 18.9 Å². The summed E-state index contributed by atoms with van der Waals surface area (Å²) in [6, 6.07) is 5.96. The van der Waals surface area contributed by atoms with Crippen LogP contribution in [-0.2, 0) is 4.74 Å². The fourth-order valence-electron chi connectivity index (χ4n) is 2.31. The molecule has 1 fully saturated rings. The van der Waals surface area contributed by atoms with E-state index in [1.165, 1.54) is 24.5 Å². The van der Waals surface area contributed by atoms with Crippen molar-refractivity contribution in [3.63, 3.8) is 0 Å². The van der Waals surface area contributed by atoms with Gasteiger partial charge in [-0.3, -0.25) is 4.79 Å². The van der Waals surface area contributed by atoms with Crippen LogP contribution in [0.1, 0.15) is 23.3 Å². The smallest absolute Gasteiger partial charge is 0.275 e. The number of hydrogen-bond acceptors (Lipinski definition) is 5. The highest BCUT2D eigenvalue weighted by Gasteiger charge is 2.15. The fourth-order valence-corrected chi connectivity index (χ4v) is 2.31. The molecule has 3 rings (SSSR count). The molecular weight excluding hydrogens is 299 g/mol. The first-order chi connectivity index (χ1) is 11.2. The maximum Gasteiger partial charge on any atom is 0.275 e. The van der Waals surface area contributed by atoms with E-state index in [1.54, 1.807) is 12.1 Å². The molecule has 23 heavy (non-hydrogen) atoms. The predicted octanol–water partition coefficient (Wildman–Crippen LogP) is 2.46. The molecule has 1 atom stereocenters. The number of rotatable bonds is 5. The Morgan fingerprint density at radius 2 is 2.17 bits per heavy atom. The van der Waals surface area contributed by atoms with Gasteiger partial charge in [0.05, 0.1) is 24.2 Å². The standard InChI is InChI=1S/C16H17FN4O2/c17-12-5-1-2-6-13(12)21-16(22)14-9-20-15(10-18-14)19-8-11-4-3-7-23-11/h1-2,5-6,9-11H,3-4,7-8H2,(H,19,20)(H,21,22). The van der Waals surface area contributed by atoms with E-state index in [1.807, 2.05) is 0 Å². The van der Waals surface area contributed by atoms with E-state index in [0.29, 0.717) is 12.4 Å². The van der Waals surface area contributed by atoms with Crippen molar-refractivity contribution in [2.24, 2.45) is 0 Å². The number of anilines is 2. The van der Waals surface area contributed by atoms with Gasteiger partial charge in [0.2, 0.25) is 0 Å².